The molecule has 0 radical (unpaired) electrons. The number of nitrogen functional groups attached to an aromatic ring is 1. The summed E-state index contributed by atoms with van der Waals surface area (Å²) < 4.78 is 2.52. The maximum absolute atomic E-state index is 12.6. The van der Waals surface area contributed by atoms with Crippen LogP contribution in [-0.4, -0.2) is 41.7 Å². The van der Waals surface area contributed by atoms with Gasteiger partial charge in [0.2, 0.25) is 16.9 Å². The van der Waals surface area contributed by atoms with Crippen molar-refractivity contribution in [1.82, 2.24) is 30.1 Å². The van der Waals surface area contributed by atoms with Crippen LogP contribution in [0, 0.1) is 13.8 Å². The summed E-state index contributed by atoms with van der Waals surface area (Å²) in [6.07, 6.45) is 0. The molecule has 39 heavy (non-hydrogen) atoms. The number of H-pyrrole nitrogens is 1. The SMILES string of the molecule is Cc1ccc(-c2cc(-c3nnc(SCC(=O)Nc4ccc(-c5nc6ccc(C)cc6s5)cc4)n3N)[nH]n2)cc1. The van der Waals surface area contributed by atoms with Gasteiger partial charge in [0, 0.05) is 16.8 Å². The largest absolute Gasteiger partial charge is 0.335 e. The average molecular weight is 553 g/mol. The van der Waals surface area contributed by atoms with Gasteiger partial charge >= 0.3 is 0 Å². The number of anilines is 1. The van der Waals surface area contributed by atoms with Gasteiger partial charge in [-0.3, -0.25) is 9.89 Å². The molecule has 0 unspecified atom stereocenters. The molecule has 0 saturated carbocycles. The Labute approximate surface area is 232 Å². The van der Waals surface area contributed by atoms with E-state index in [1.54, 1.807) is 11.3 Å². The first kappa shape index (κ1) is 24.8. The highest BCUT2D eigenvalue weighted by molar-refractivity contribution is 7.99. The second-order valence-corrected chi connectivity index (χ2v) is 11.1. The minimum Gasteiger partial charge on any atom is -0.335 e. The van der Waals surface area contributed by atoms with E-state index in [2.05, 4.69) is 44.8 Å². The number of nitrogens with one attached hydrogen (secondary N) is 2. The molecule has 6 rings (SSSR count). The van der Waals surface area contributed by atoms with Crippen LogP contribution in [-0.2, 0) is 4.79 Å². The number of hydrogen-bond donors (Lipinski definition) is 3. The zero-order chi connectivity index (χ0) is 26.9. The van der Waals surface area contributed by atoms with Crippen LogP contribution in [0.15, 0.2) is 78.0 Å². The highest BCUT2D eigenvalue weighted by Gasteiger charge is 2.16. The molecule has 0 aliphatic carbocycles. The number of hydrogen-bond acceptors (Lipinski definition) is 8. The van der Waals surface area contributed by atoms with Gasteiger partial charge in [-0.05, 0) is 61.9 Å². The summed E-state index contributed by atoms with van der Waals surface area (Å²) in [5.41, 5.74) is 7.51. The number of fused-ring (bicyclic) bond motifs is 1. The number of aryl methyl sites for hydroxylation is 2. The number of nitrogens with two attached hydrogens (primary N) is 1. The number of carbonyl (C=O) groups excluding carboxylic acids is 1. The molecule has 0 atom stereocenters. The monoisotopic (exact) mass is 552 g/mol. The predicted molar refractivity (Wildman–Crippen MR) is 157 cm³/mol. The molecule has 1 amide bonds. The van der Waals surface area contributed by atoms with Crippen LogP contribution in [0.1, 0.15) is 11.1 Å². The number of rotatable bonds is 7. The molecule has 0 fully saturated rings. The molecule has 3 aromatic heterocycles. The Morgan fingerprint density at radius 1 is 0.974 bits per heavy atom. The second kappa shape index (κ2) is 10.4. The molecule has 0 spiro atoms. The second-order valence-electron chi connectivity index (χ2n) is 9.11. The smallest absolute Gasteiger partial charge is 0.234 e. The minimum atomic E-state index is -0.170. The molecule has 0 aliphatic heterocycles. The summed E-state index contributed by atoms with van der Waals surface area (Å²) in [6.45, 7) is 4.12. The number of nitrogens with zero attached hydrogens (tertiary/aromatic N) is 5. The molecule has 0 bridgehead atoms. The molecule has 4 N–H and O–H groups in total. The van der Waals surface area contributed by atoms with Gasteiger partial charge in [0.1, 0.15) is 10.7 Å². The van der Waals surface area contributed by atoms with Crippen molar-refractivity contribution in [1.29, 1.82) is 0 Å². The van der Waals surface area contributed by atoms with E-state index in [-0.39, 0.29) is 11.7 Å². The summed E-state index contributed by atoms with van der Waals surface area (Å²) in [5.74, 6) is 6.63. The highest BCUT2D eigenvalue weighted by Crippen LogP contribution is 2.31. The zero-order valence-electron chi connectivity index (χ0n) is 21.2. The molecule has 11 heteroatoms. The molecular formula is C28H24N8OS2. The van der Waals surface area contributed by atoms with Crippen LogP contribution in [0.25, 0.3) is 43.6 Å². The molecule has 3 aromatic carbocycles. The lowest BCUT2D eigenvalue weighted by atomic mass is 10.1. The van der Waals surface area contributed by atoms with E-state index in [4.69, 9.17) is 10.8 Å². The number of aromatic nitrogens is 6. The van der Waals surface area contributed by atoms with E-state index in [0.29, 0.717) is 22.4 Å². The quantitative estimate of drug-likeness (QED) is 0.172. The van der Waals surface area contributed by atoms with Gasteiger partial charge in [-0.1, -0.05) is 47.7 Å². The Hall–Kier alpha value is -4.48. The average Bonchev–Trinajstić information content (AvgIpc) is 3.67. The molecule has 0 aliphatic rings. The highest BCUT2D eigenvalue weighted by atomic mass is 32.2. The minimum absolute atomic E-state index is 0.131. The van der Waals surface area contributed by atoms with Crippen molar-refractivity contribution >= 4 is 44.9 Å². The van der Waals surface area contributed by atoms with Gasteiger partial charge in [-0.2, -0.15) is 5.10 Å². The van der Waals surface area contributed by atoms with E-state index in [9.17, 15) is 4.79 Å². The maximum atomic E-state index is 12.6. The van der Waals surface area contributed by atoms with Gasteiger partial charge in [0.15, 0.2) is 0 Å². The van der Waals surface area contributed by atoms with Crippen molar-refractivity contribution in [3.8, 4) is 33.3 Å². The van der Waals surface area contributed by atoms with Crippen molar-refractivity contribution in [2.45, 2.75) is 19.0 Å². The Bertz CT molecular complexity index is 1790. The molecule has 0 saturated heterocycles. The van der Waals surface area contributed by atoms with E-state index in [0.717, 1.165) is 32.0 Å². The van der Waals surface area contributed by atoms with E-state index >= 15 is 0 Å². The van der Waals surface area contributed by atoms with Crippen LogP contribution in [0.3, 0.4) is 0 Å². The van der Waals surface area contributed by atoms with Crippen molar-refractivity contribution < 1.29 is 4.79 Å². The Morgan fingerprint density at radius 3 is 2.51 bits per heavy atom. The first-order chi connectivity index (χ1) is 18.9. The summed E-state index contributed by atoms with van der Waals surface area (Å²) in [6, 6.07) is 23.9. The number of aromatic amines is 1. The number of carbonyl (C=O) groups is 1. The van der Waals surface area contributed by atoms with E-state index in [1.807, 2.05) is 67.6 Å². The molecule has 194 valence electrons. The van der Waals surface area contributed by atoms with Gasteiger partial charge in [-0.25, -0.2) is 9.66 Å². The molecule has 6 aromatic rings. The van der Waals surface area contributed by atoms with Crippen molar-refractivity contribution in [2.75, 3.05) is 16.9 Å². The first-order valence-electron chi connectivity index (χ1n) is 12.2. The molecular weight excluding hydrogens is 528 g/mol. The van der Waals surface area contributed by atoms with Gasteiger partial charge < -0.3 is 11.2 Å². The van der Waals surface area contributed by atoms with Gasteiger partial charge in [0.25, 0.3) is 0 Å². The predicted octanol–water partition coefficient (Wildman–Crippen LogP) is 5.67. The number of thiazole rings is 1. The fourth-order valence-electron chi connectivity index (χ4n) is 4.05. The summed E-state index contributed by atoms with van der Waals surface area (Å²) >= 11 is 2.87. The number of amides is 1. The van der Waals surface area contributed by atoms with Crippen LogP contribution >= 0.6 is 23.1 Å². The van der Waals surface area contributed by atoms with Crippen molar-refractivity contribution in [3.63, 3.8) is 0 Å². The normalized spacial score (nSPS) is 11.2. The topological polar surface area (TPSA) is 127 Å². The standard InChI is InChI=1S/C28H24N8OS2/c1-16-3-6-18(7-4-16)22-14-23(33-32-22)26-34-35-28(36(26)29)38-15-25(37)30-20-10-8-19(9-11-20)27-31-21-12-5-17(2)13-24(21)39-27/h3-14H,15,29H2,1-2H3,(H,30,37)(H,32,33). The Balaban J connectivity index is 1.07. The van der Waals surface area contributed by atoms with E-state index < -0.39 is 0 Å². The van der Waals surface area contributed by atoms with Crippen molar-refractivity contribution in [2.24, 2.45) is 0 Å². The summed E-state index contributed by atoms with van der Waals surface area (Å²) in [5, 5.41) is 20.0. The van der Waals surface area contributed by atoms with Crippen molar-refractivity contribution in [3.05, 3.63) is 83.9 Å². The third kappa shape index (κ3) is 5.27. The lowest BCUT2D eigenvalue weighted by Crippen LogP contribution is -2.16. The van der Waals surface area contributed by atoms with Crippen LogP contribution < -0.4 is 11.2 Å². The Morgan fingerprint density at radius 2 is 1.72 bits per heavy atom. The van der Waals surface area contributed by atoms with Crippen LogP contribution in [0.2, 0.25) is 0 Å². The first-order valence-corrected chi connectivity index (χ1v) is 14.0. The fourth-order valence-corrected chi connectivity index (χ4v) is 5.77. The number of thioether (sulfide) groups is 1. The van der Waals surface area contributed by atoms with E-state index in [1.165, 1.54) is 27.6 Å². The fraction of sp³-hybridized carbons (Fsp3) is 0.107. The van der Waals surface area contributed by atoms with Crippen LogP contribution in [0.4, 0.5) is 5.69 Å². The Kier molecular flexibility index (Phi) is 6.59. The lowest BCUT2D eigenvalue weighted by Gasteiger charge is -2.06. The zero-order valence-corrected chi connectivity index (χ0v) is 22.8. The number of benzene rings is 3. The third-order valence-corrected chi connectivity index (χ3v) is 8.13. The molecule has 3 heterocycles. The maximum Gasteiger partial charge on any atom is 0.234 e. The lowest BCUT2D eigenvalue weighted by molar-refractivity contribution is -0.113. The summed E-state index contributed by atoms with van der Waals surface area (Å²) in [4.78, 5) is 17.3. The van der Waals surface area contributed by atoms with Gasteiger partial charge in [0.05, 0.1) is 21.7 Å². The summed E-state index contributed by atoms with van der Waals surface area (Å²) in [7, 11) is 0. The van der Waals surface area contributed by atoms with Gasteiger partial charge in [-0.15, -0.1) is 21.5 Å². The van der Waals surface area contributed by atoms with Crippen LogP contribution in [0.5, 0.6) is 0 Å². The molecule has 9 nitrogen and oxygen atoms in total. The third-order valence-electron chi connectivity index (χ3n) is 6.12.